The number of hydrogen-bond donors (Lipinski definition) is 0. The maximum atomic E-state index is 13.2. The second kappa shape index (κ2) is 6.98. The second-order valence-electron chi connectivity index (χ2n) is 4.93. The minimum atomic E-state index is -0.425. The van der Waals surface area contributed by atoms with Crippen LogP contribution in [0.1, 0.15) is 34.3 Å². The van der Waals surface area contributed by atoms with Gasteiger partial charge in [-0.3, -0.25) is 0 Å². The number of hydrogen-bond acceptors (Lipinski definition) is 6. The monoisotopic (exact) mass is 369 g/mol. The van der Waals surface area contributed by atoms with Gasteiger partial charge in [0.2, 0.25) is 5.89 Å². The molecule has 2 aromatic heterocycles. The van der Waals surface area contributed by atoms with Crippen LogP contribution in [0.25, 0.3) is 0 Å². The first kappa shape index (κ1) is 16.4. The average molecular weight is 370 g/mol. The maximum Gasteiger partial charge on any atom is 0.277 e. The maximum absolute atomic E-state index is 13.2. The van der Waals surface area contributed by atoms with Gasteiger partial charge in [0.25, 0.3) is 5.22 Å². The lowest BCUT2D eigenvalue weighted by molar-refractivity contribution is 0.419. The molecule has 3 aromatic rings. The summed E-state index contributed by atoms with van der Waals surface area (Å²) >= 11 is 8.82. The molecule has 0 N–H and O–H groups in total. The second-order valence-corrected chi connectivity index (χ2v) is 7.69. The summed E-state index contributed by atoms with van der Waals surface area (Å²) in [5, 5.41) is 11.7. The first-order chi connectivity index (χ1) is 11.0. The highest BCUT2D eigenvalue weighted by atomic mass is 35.5. The van der Waals surface area contributed by atoms with Crippen LogP contribution < -0.4 is 0 Å². The third-order valence-electron chi connectivity index (χ3n) is 3.14. The molecule has 1 aromatic carbocycles. The molecule has 8 heteroatoms. The Morgan fingerprint density at radius 1 is 1.39 bits per heavy atom. The summed E-state index contributed by atoms with van der Waals surface area (Å²) in [5.41, 5.74) is 1.82. The summed E-state index contributed by atoms with van der Waals surface area (Å²) in [6.45, 7) is 3.93. The third-order valence-corrected chi connectivity index (χ3v) is 5.24. The lowest BCUT2D eigenvalue weighted by Gasteiger charge is -2.09. The first-order valence-corrected chi connectivity index (χ1v) is 9.00. The fourth-order valence-corrected chi connectivity index (χ4v) is 3.61. The van der Waals surface area contributed by atoms with Crippen LogP contribution in [0.4, 0.5) is 4.39 Å². The molecule has 0 bridgehead atoms. The van der Waals surface area contributed by atoms with Crippen LogP contribution in [0.2, 0.25) is 5.02 Å². The van der Waals surface area contributed by atoms with Crippen molar-refractivity contribution in [3.8, 4) is 0 Å². The molecule has 120 valence electrons. The van der Waals surface area contributed by atoms with Crippen molar-refractivity contribution in [3.05, 3.63) is 56.6 Å². The van der Waals surface area contributed by atoms with E-state index >= 15 is 0 Å². The van der Waals surface area contributed by atoms with E-state index < -0.39 is 5.82 Å². The highest BCUT2D eigenvalue weighted by Gasteiger charge is 2.15. The van der Waals surface area contributed by atoms with E-state index in [2.05, 4.69) is 15.2 Å². The smallest absolute Gasteiger partial charge is 0.277 e. The zero-order valence-corrected chi connectivity index (χ0v) is 14.8. The highest BCUT2D eigenvalue weighted by Crippen LogP contribution is 2.35. The Balaban J connectivity index is 1.67. The molecule has 4 nitrogen and oxygen atoms in total. The van der Waals surface area contributed by atoms with E-state index in [1.54, 1.807) is 23.5 Å². The van der Waals surface area contributed by atoms with E-state index in [0.29, 0.717) is 17.5 Å². The lowest BCUT2D eigenvalue weighted by Crippen LogP contribution is -1.90. The largest absolute Gasteiger partial charge is 0.416 e. The molecule has 2 heterocycles. The van der Waals surface area contributed by atoms with Crippen LogP contribution in [0.15, 0.2) is 33.2 Å². The van der Waals surface area contributed by atoms with Gasteiger partial charge in [-0.25, -0.2) is 9.37 Å². The van der Waals surface area contributed by atoms with Gasteiger partial charge in [-0.1, -0.05) is 29.4 Å². The van der Waals surface area contributed by atoms with Gasteiger partial charge < -0.3 is 4.42 Å². The zero-order chi connectivity index (χ0) is 16.4. The standard InChI is InChI=1S/C15H13ClFN3OS2/c1-8(10-3-4-13(17)12(16)5-10)23-15-20-19-14(21-15)6-11-7-22-9(2)18-11/h3-5,7-8H,6H2,1-2H3. The fraction of sp³-hybridized carbons (Fsp3) is 0.267. The van der Waals surface area contributed by atoms with Crippen LogP contribution in [0, 0.1) is 12.7 Å². The van der Waals surface area contributed by atoms with Gasteiger partial charge in [0.1, 0.15) is 5.82 Å². The Morgan fingerprint density at radius 3 is 2.91 bits per heavy atom. The van der Waals surface area contributed by atoms with E-state index in [9.17, 15) is 4.39 Å². The Labute approximate surface area is 146 Å². The Hall–Kier alpha value is -1.44. The van der Waals surface area contributed by atoms with Gasteiger partial charge in [-0.2, -0.15) is 0 Å². The molecule has 0 fully saturated rings. The zero-order valence-electron chi connectivity index (χ0n) is 12.4. The summed E-state index contributed by atoms with van der Waals surface area (Å²) in [5.74, 6) is 0.105. The average Bonchev–Trinajstić information content (AvgIpc) is 3.11. The van der Waals surface area contributed by atoms with Gasteiger partial charge in [-0.15, -0.1) is 21.5 Å². The molecule has 1 unspecified atom stereocenters. The van der Waals surface area contributed by atoms with Crippen molar-refractivity contribution >= 4 is 34.7 Å². The van der Waals surface area contributed by atoms with Crippen molar-refractivity contribution in [3.63, 3.8) is 0 Å². The normalized spacial score (nSPS) is 12.5. The van der Waals surface area contributed by atoms with Gasteiger partial charge in [0.15, 0.2) is 0 Å². The highest BCUT2D eigenvalue weighted by molar-refractivity contribution is 7.99. The van der Waals surface area contributed by atoms with Gasteiger partial charge in [0.05, 0.1) is 22.1 Å². The predicted octanol–water partition coefficient (Wildman–Crippen LogP) is 5.07. The third kappa shape index (κ3) is 4.10. The quantitative estimate of drug-likeness (QED) is 0.587. The van der Waals surface area contributed by atoms with E-state index in [0.717, 1.165) is 16.3 Å². The summed E-state index contributed by atoms with van der Waals surface area (Å²) < 4.78 is 18.9. The molecule has 0 saturated heterocycles. The predicted molar refractivity (Wildman–Crippen MR) is 89.6 cm³/mol. The van der Waals surface area contributed by atoms with Crippen molar-refractivity contribution in [2.45, 2.75) is 30.7 Å². The van der Waals surface area contributed by atoms with Gasteiger partial charge >= 0.3 is 0 Å². The van der Waals surface area contributed by atoms with Crippen molar-refractivity contribution in [1.82, 2.24) is 15.2 Å². The van der Waals surface area contributed by atoms with E-state index in [1.165, 1.54) is 17.8 Å². The van der Waals surface area contributed by atoms with Gasteiger partial charge in [-0.05, 0) is 31.5 Å². The Kier molecular flexibility index (Phi) is 4.99. The fourth-order valence-electron chi connectivity index (χ4n) is 1.99. The number of thioether (sulfide) groups is 1. The number of rotatable bonds is 5. The summed E-state index contributed by atoms with van der Waals surface area (Å²) in [6.07, 6.45) is 0.522. The molecule has 0 aliphatic heterocycles. The molecule has 3 rings (SSSR count). The number of nitrogens with zero attached hydrogens (tertiary/aromatic N) is 3. The molecular formula is C15H13ClFN3OS2. The van der Waals surface area contributed by atoms with Crippen molar-refractivity contribution in [2.75, 3.05) is 0 Å². The molecule has 0 aliphatic rings. The van der Waals surface area contributed by atoms with E-state index in [1.807, 2.05) is 19.2 Å². The number of benzene rings is 1. The first-order valence-electron chi connectivity index (χ1n) is 6.86. The molecular weight excluding hydrogens is 357 g/mol. The molecule has 0 spiro atoms. The van der Waals surface area contributed by atoms with Crippen molar-refractivity contribution in [1.29, 1.82) is 0 Å². The minimum absolute atomic E-state index is 0.0166. The number of halogens is 2. The molecule has 23 heavy (non-hydrogen) atoms. The number of aromatic nitrogens is 3. The van der Waals surface area contributed by atoms with Crippen molar-refractivity contribution < 1.29 is 8.81 Å². The molecule has 0 saturated carbocycles. The molecule has 0 radical (unpaired) electrons. The van der Waals surface area contributed by atoms with Crippen LogP contribution in [-0.2, 0) is 6.42 Å². The van der Waals surface area contributed by atoms with Crippen LogP contribution in [-0.4, -0.2) is 15.2 Å². The Bertz CT molecular complexity index is 821. The minimum Gasteiger partial charge on any atom is -0.416 e. The molecule has 1 atom stereocenters. The number of aryl methyl sites for hydroxylation is 1. The van der Waals surface area contributed by atoms with Crippen LogP contribution >= 0.6 is 34.7 Å². The van der Waals surface area contributed by atoms with E-state index in [-0.39, 0.29) is 10.3 Å². The van der Waals surface area contributed by atoms with Crippen LogP contribution in [0.5, 0.6) is 0 Å². The van der Waals surface area contributed by atoms with E-state index in [4.69, 9.17) is 16.0 Å². The van der Waals surface area contributed by atoms with Gasteiger partial charge in [0, 0.05) is 10.6 Å². The Morgan fingerprint density at radius 2 is 2.22 bits per heavy atom. The molecule has 0 amide bonds. The lowest BCUT2D eigenvalue weighted by atomic mass is 10.2. The SMILES string of the molecule is Cc1nc(Cc2nnc(SC(C)c3ccc(F)c(Cl)c3)o2)cs1. The number of thiazole rings is 1. The summed E-state index contributed by atoms with van der Waals surface area (Å²) in [6, 6.07) is 4.68. The van der Waals surface area contributed by atoms with Crippen LogP contribution in [0.3, 0.4) is 0 Å². The topological polar surface area (TPSA) is 51.8 Å². The summed E-state index contributed by atoms with van der Waals surface area (Å²) in [4.78, 5) is 4.38. The summed E-state index contributed by atoms with van der Waals surface area (Å²) in [7, 11) is 0. The molecule has 0 aliphatic carbocycles. The van der Waals surface area contributed by atoms with Crippen molar-refractivity contribution in [2.24, 2.45) is 0 Å².